The predicted molar refractivity (Wildman–Crippen MR) is 91.0 cm³/mol. The highest BCUT2D eigenvalue weighted by Crippen LogP contribution is 2.40. The van der Waals surface area contributed by atoms with Gasteiger partial charge in [-0.1, -0.05) is 30.3 Å². The smallest absolute Gasteiger partial charge is 0.188 e. The third-order valence-electron chi connectivity index (χ3n) is 4.49. The van der Waals surface area contributed by atoms with Crippen molar-refractivity contribution in [1.82, 2.24) is 19.9 Å². The monoisotopic (exact) mass is 331 g/mol. The molecule has 1 fully saturated rings. The fraction of sp³-hybridized carbons (Fsp3) is 0.562. The lowest BCUT2D eigenvalue weighted by Crippen LogP contribution is -2.22. The third kappa shape index (κ3) is 2.34. The van der Waals surface area contributed by atoms with E-state index >= 15 is 0 Å². The van der Waals surface area contributed by atoms with Crippen LogP contribution in [0.3, 0.4) is 0 Å². The summed E-state index contributed by atoms with van der Waals surface area (Å²) >= 11 is 1.73. The van der Waals surface area contributed by atoms with E-state index in [4.69, 9.17) is 9.51 Å². The number of aromatic nitrogens is 4. The Morgan fingerprint density at radius 1 is 1.39 bits per heavy atom. The summed E-state index contributed by atoms with van der Waals surface area (Å²) in [4.78, 5) is 7.19. The van der Waals surface area contributed by atoms with Crippen LogP contribution in [-0.2, 0) is 7.05 Å². The van der Waals surface area contributed by atoms with Crippen LogP contribution < -0.4 is 4.90 Å². The zero-order valence-corrected chi connectivity index (χ0v) is 14.7. The van der Waals surface area contributed by atoms with Crippen LogP contribution in [-0.4, -0.2) is 26.5 Å². The predicted octanol–water partition coefficient (Wildman–Crippen LogP) is 3.79. The fourth-order valence-electron chi connectivity index (χ4n) is 3.23. The summed E-state index contributed by atoms with van der Waals surface area (Å²) in [7, 11) is 1.95. The van der Waals surface area contributed by atoms with Crippen molar-refractivity contribution >= 4 is 26.8 Å². The molecule has 122 valence electrons. The number of hydrogen-bond acceptors (Lipinski definition) is 6. The van der Waals surface area contributed by atoms with E-state index in [2.05, 4.69) is 35.1 Å². The first-order valence-electron chi connectivity index (χ1n) is 8.08. The Balaban J connectivity index is 1.69. The van der Waals surface area contributed by atoms with E-state index in [1.807, 2.05) is 18.7 Å². The highest BCUT2D eigenvalue weighted by Gasteiger charge is 2.31. The first-order valence-corrected chi connectivity index (χ1v) is 8.89. The van der Waals surface area contributed by atoms with E-state index in [-0.39, 0.29) is 6.04 Å². The average Bonchev–Trinajstić information content (AvgIpc) is 3.24. The van der Waals surface area contributed by atoms with Gasteiger partial charge in [0.15, 0.2) is 10.8 Å². The van der Waals surface area contributed by atoms with Crippen LogP contribution in [0.25, 0.3) is 10.3 Å². The Bertz CT molecular complexity index is 812. The highest BCUT2D eigenvalue weighted by atomic mass is 32.1. The lowest BCUT2D eigenvalue weighted by molar-refractivity contribution is 0.362. The quantitative estimate of drug-likeness (QED) is 0.731. The Morgan fingerprint density at radius 2 is 2.22 bits per heavy atom. The largest absolute Gasteiger partial charge is 0.361 e. The molecule has 1 saturated heterocycles. The molecule has 0 bridgehead atoms. The maximum Gasteiger partial charge on any atom is 0.188 e. The van der Waals surface area contributed by atoms with Gasteiger partial charge in [0.1, 0.15) is 11.5 Å². The topological polar surface area (TPSA) is 60.0 Å². The summed E-state index contributed by atoms with van der Waals surface area (Å²) in [5.41, 5.74) is 3.04. The number of aryl methyl sites for hydroxylation is 2. The molecule has 7 heteroatoms. The van der Waals surface area contributed by atoms with Gasteiger partial charge in [-0.3, -0.25) is 0 Å². The molecule has 6 nitrogen and oxygen atoms in total. The van der Waals surface area contributed by atoms with Gasteiger partial charge in [-0.25, -0.2) is 9.67 Å². The van der Waals surface area contributed by atoms with Crippen molar-refractivity contribution in [2.75, 3.05) is 11.4 Å². The van der Waals surface area contributed by atoms with E-state index < -0.39 is 0 Å². The van der Waals surface area contributed by atoms with Gasteiger partial charge < -0.3 is 9.42 Å². The molecule has 3 aromatic rings. The van der Waals surface area contributed by atoms with Crippen molar-refractivity contribution in [2.24, 2.45) is 7.05 Å². The number of thiazole rings is 1. The third-order valence-corrected chi connectivity index (χ3v) is 5.68. The molecule has 4 rings (SSSR count). The molecule has 0 amide bonds. The maximum atomic E-state index is 5.50. The van der Waals surface area contributed by atoms with Crippen molar-refractivity contribution in [3.05, 3.63) is 23.2 Å². The van der Waals surface area contributed by atoms with Gasteiger partial charge in [0.25, 0.3) is 0 Å². The van der Waals surface area contributed by atoms with Gasteiger partial charge in [0.2, 0.25) is 0 Å². The van der Waals surface area contributed by atoms with Crippen LogP contribution >= 0.6 is 11.3 Å². The van der Waals surface area contributed by atoms with Crippen LogP contribution in [0, 0.1) is 6.92 Å². The van der Waals surface area contributed by atoms with Crippen LogP contribution in [0.4, 0.5) is 5.13 Å². The number of hydrogen-bond donors (Lipinski definition) is 0. The van der Waals surface area contributed by atoms with Gasteiger partial charge in [-0.05, 0) is 19.8 Å². The Labute approximate surface area is 139 Å². The molecule has 0 N–H and O–H groups in total. The number of fused-ring (bicyclic) bond motifs is 1. The number of nitrogens with zero attached hydrogens (tertiary/aromatic N) is 5. The molecule has 1 atom stereocenters. The minimum atomic E-state index is 0.264. The molecule has 0 aromatic carbocycles. The summed E-state index contributed by atoms with van der Waals surface area (Å²) in [6.07, 6.45) is 2.25. The molecule has 0 aliphatic carbocycles. The van der Waals surface area contributed by atoms with Crippen LogP contribution in [0.15, 0.2) is 10.6 Å². The lowest BCUT2D eigenvalue weighted by atomic mass is 10.1. The fourth-order valence-corrected chi connectivity index (χ4v) is 4.34. The maximum absolute atomic E-state index is 5.50. The van der Waals surface area contributed by atoms with Crippen molar-refractivity contribution in [3.63, 3.8) is 0 Å². The van der Waals surface area contributed by atoms with E-state index in [1.165, 1.54) is 4.70 Å². The van der Waals surface area contributed by atoms with E-state index in [0.29, 0.717) is 5.92 Å². The van der Waals surface area contributed by atoms with Gasteiger partial charge >= 0.3 is 0 Å². The minimum Gasteiger partial charge on any atom is -0.361 e. The first-order chi connectivity index (χ1) is 11.0. The number of anilines is 1. The van der Waals surface area contributed by atoms with Gasteiger partial charge in [-0.2, -0.15) is 5.10 Å². The molecule has 3 aromatic heterocycles. The molecule has 1 aliphatic heterocycles. The molecule has 0 saturated carbocycles. The summed E-state index contributed by atoms with van der Waals surface area (Å²) < 4.78 is 8.54. The molecular weight excluding hydrogens is 310 g/mol. The van der Waals surface area contributed by atoms with Crippen LogP contribution in [0.5, 0.6) is 0 Å². The molecule has 23 heavy (non-hydrogen) atoms. The summed E-state index contributed by atoms with van der Waals surface area (Å²) in [6, 6.07) is 2.37. The van der Waals surface area contributed by atoms with E-state index in [1.54, 1.807) is 11.3 Å². The Kier molecular flexibility index (Phi) is 3.41. The zero-order chi connectivity index (χ0) is 16.1. The summed E-state index contributed by atoms with van der Waals surface area (Å²) in [6.45, 7) is 7.30. The second-order valence-electron chi connectivity index (χ2n) is 6.52. The zero-order valence-electron chi connectivity index (χ0n) is 13.9. The van der Waals surface area contributed by atoms with Crippen LogP contribution in [0.1, 0.15) is 55.8 Å². The van der Waals surface area contributed by atoms with Gasteiger partial charge in [-0.15, -0.1) is 0 Å². The molecule has 0 radical (unpaired) electrons. The van der Waals surface area contributed by atoms with E-state index in [9.17, 15) is 0 Å². The lowest BCUT2D eigenvalue weighted by Gasteiger charge is -2.21. The van der Waals surface area contributed by atoms with Gasteiger partial charge in [0.05, 0.1) is 16.4 Å². The highest BCUT2D eigenvalue weighted by molar-refractivity contribution is 7.22. The molecule has 0 spiro atoms. The second-order valence-corrected chi connectivity index (χ2v) is 7.50. The van der Waals surface area contributed by atoms with Crippen LogP contribution in [0.2, 0.25) is 0 Å². The van der Waals surface area contributed by atoms with Crippen molar-refractivity contribution < 1.29 is 4.52 Å². The summed E-state index contributed by atoms with van der Waals surface area (Å²) in [5.74, 6) is 1.32. The SMILES string of the molecule is Cc1nn(C)c2nc(N3CCCC3c3cc(C(C)C)on3)sc12. The standard InChI is InChI=1S/C16H21N5OS/c1-9(2)13-8-11(19-22-13)12-6-5-7-21(12)16-17-15-14(23-16)10(3)18-20(15)4/h8-9,12H,5-7H2,1-4H3. The molecule has 1 aliphatic rings. The average molecular weight is 331 g/mol. The van der Waals surface area contributed by atoms with E-state index in [0.717, 1.165) is 47.3 Å². The summed E-state index contributed by atoms with van der Waals surface area (Å²) in [5, 5.41) is 9.81. The Hall–Kier alpha value is -1.89. The van der Waals surface area contributed by atoms with Gasteiger partial charge in [0, 0.05) is 25.6 Å². The van der Waals surface area contributed by atoms with Crippen molar-refractivity contribution in [1.29, 1.82) is 0 Å². The second kappa shape index (κ2) is 5.33. The van der Waals surface area contributed by atoms with Crippen molar-refractivity contribution in [3.8, 4) is 0 Å². The molecule has 1 unspecified atom stereocenters. The minimum absolute atomic E-state index is 0.264. The first kappa shape index (κ1) is 14.7. The molecular formula is C16H21N5OS. The Morgan fingerprint density at radius 3 is 2.91 bits per heavy atom. The normalized spacial score (nSPS) is 18.7. The molecule has 4 heterocycles. The van der Waals surface area contributed by atoms with Crippen molar-refractivity contribution in [2.45, 2.75) is 45.6 Å². The number of rotatable bonds is 3.